The van der Waals surface area contributed by atoms with Crippen molar-refractivity contribution in [2.45, 2.75) is 65.3 Å². The topological polar surface area (TPSA) is 43.9 Å². The van der Waals surface area contributed by atoms with Gasteiger partial charge in [-0.2, -0.15) is 0 Å². The highest BCUT2D eigenvalue weighted by Crippen LogP contribution is 2.42. The lowest BCUT2D eigenvalue weighted by molar-refractivity contribution is -0.137. The summed E-state index contributed by atoms with van der Waals surface area (Å²) in [5, 5.41) is -0.0202. The second kappa shape index (κ2) is 9.14. The van der Waals surface area contributed by atoms with Crippen molar-refractivity contribution in [1.82, 2.24) is 14.7 Å². The summed E-state index contributed by atoms with van der Waals surface area (Å²) in [6.07, 6.45) is 0. The maximum atomic E-state index is 13.7. The third-order valence-corrected chi connectivity index (χ3v) is 8.15. The number of nitrogens with zero attached hydrogens (tertiary/aromatic N) is 3. The fourth-order valence-electron chi connectivity index (χ4n) is 4.37. The van der Waals surface area contributed by atoms with Gasteiger partial charge in [-0.05, 0) is 35.1 Å². The number of piperazine rings is 1. The minimum absolute atomic E-state index is 0.0202. The normalized spacial score (nSPS) is 23.3. The van der Waals surface area contributed by atoms with Crippen LogP contribution in [0.15, 0.2) is 24.3 Å². The van der Waals surface area contributed by atoms with E-state index in [0.717, 1.165) is 32.7 Å². The van der Waals surface area contributed by atoms with E-state index >= 15 is 0 Å². The average Bonchev–Trinajstić information content (AvgIpc) is 3.18. The van der Waals surface area contributed by atoms with Gasteiger partial charge in [-0.25, -0.2) is 0 Å². The molecular formula is C25H39N3O2S. The molecule has 2 unspecified atom stereocenters. The quantitative estimate of drug-likeness (QED) is 0.703. The predicted molar refractivity (Wildman–Crippen MR) is 129 cm³/mol. The fourth-order valence-corrected chi connectivity index (χ4v) is 5.94. The van der Waals surface area contributed by atoms with Gasteiger partial charge in [0.05, 0.1) is 5.37 Å². The van der Waals surface area contributed by atoms with Crippen molar-refractivity contribution in [3.8, 4) is 0 Å². The van der Waals surface area contributed by atoms with Gasteiger partial charge in [0.25, 0.3) is 5.91 Å². The maximum Gasteiger partial charge on any atom is 0.255 e. The third-order valence-electron chi connectivity index (χ3n) is 6.39. The molecule has 5 nitrogen and oxygen atoms in total. The maximum absolute atomic E-state index is 13.7. The molecule has 2 amide bonds. The molecule has 0 N–H and O–H groups in total. The van der Waals surface area contributed by atoms with E-state index in [4.69, 9.17) is 0 Å². The molecule has 2 heterocycles. The Morgan fingerprint density at radius 1 is 0.968 bits per heavy atom. The van der Waals surface area contributed by atoms with E-state index in [-0.39, 0.29) is 28.0 Å². The van der Waals surface area contributed by atoms with Crippen molar-refractivity contribution < 1.29 is 9.59 Å². The molecule has 2 aliphatic rings. The van der Waals surface area contributed by atoms with E-state index in [1.165, 1.54) is 5.56 Å². The Balaban J connectivity index is 1.85. The highest BCUT2D eigenvalue weighted by molar-refractivity contribution is 8.00. The zero-order valence-electron chi connectivity index (χ0n) is 20.3. The Labute approximate surface area is 192 Å². The smallest absolute Gasteiger partial charge is 0.255 e. The number of amides is 2. The van der Waals surface area contributed by atoms with Crippen LogP contribution in [0.1, 0.15) is 64.4 Å². The number of likely N-dealkylation sites (N-methyl/N-ethyl adjacent to an activating group) is 1. The molecule has 2 atom stereocenters. The summed E-state index contributed by atoms with van der Waals surface area (Å²) in [5.74, 6) is 0.742. The summed E-state index contributed by atoms with van der Waals surface area (Å²) in [6.45, 7) is 19.5. The van der Waals surface area contributed by atoms with Gasteiger partial charge in [0.1, 0.15) is 6.04 Å². The molecule has 172 valence electrons. The highest BCUT2D eigenvalue weighted by Gasteiger charge is 2.47. The fraction of sp³-hybridized carbons (Fsp3) is 0.680. The Kier molecular flexibility index (Phi) is 7.11. The molecule has 0 bridgehead atoms. The number of benzene rings is 1. The summed E-state index contributed by atoms with van der Waals surface area (Å²) in [6, 6.07) is 7.55. The van der Waals surface area contributed by atoms with Gasteiger partial charge in [-0.15, -0.1) is 11.8 Å². The average molecular weight is 446 g/mol. The van der Waals surface area contributed by atoms with Crippen molar-refractivity contribution in [3.63, 3.8) is 0 Å². The van der Waals surface area contributed by atoms with Crippen LogP contribution in [0.2, 0.25) is 0 Å². The van der Waals surface area contributed by atoms with E-state index in [1.54, 1.807) is 11.8 Å². The van der Waals surface area contributed by atoms with Gasteiger partial charge >= 0.3 is 0 Å². The van der Waals surface area contributed by atoms with Crippen LogP contribution in [0.4, 0.5) is 0 Å². The van der Waals surface area contributed by atoms with Crippen LogP contribution in [-0.4, -0.2) is 76.4 Å². The van der Waals surface area contributed by atoms with Crippen LogP contribution in [0.25, 0.3) is 0 Å². The molecule has 0 radical (unpaired) electrons. The first-order valence-electron chi connectivity index (χ1n) is 11.5. The van der Waals surface area contributed by atoms with E-state index in [0.29, 0.717) is 11.3 Å². The molecule has 2 aliphatic heterocycles. The van der Waals surface area contributed by atoms with Crippen LogP contribution in [0.5, 0.6) is 0 Å². The second-order valence-corrected chi connectivity index (χ2v) is 12.0. The molecule has 0 saturated carbocycles. The molecule has 2 saturated heterocycles. The van der Waals surface area contributed by atoms with Gasteiger partial charge in [-0.3, -0.25) is 9.59 Å². The number of carbonyl (C=O) groups is 2. The molecular weight excluding hydrogens is 406 g/mol. The summed E-state index contributed by atoms with van der Waals surface area (Å²) in [5.41, 5.74) is 1.80. The van der Waals surface area contributed by atoms with Crippen LogP contribution in [0, 0.1) is 5.41 Å². The van der Waals surface area contributed by atoms with Crippen LogP contribution in [-0.2, 0) is 10.2 Å². The zero-order chi connectivity index (χ0) is 23.0. The standard InChI is InChI=1S/C25H39N3O2S/c1-8-26-13-15-27(16-14-26)22(30)20-17-31-23(25(5,6)7)28(20)21(29)18-9-11-19(12-10-18)24(2,3)4/h9-12,20,23H,8,13-17H2,1-7H3. The Morgan fingerprint density at radius 2 is 1.55 bits per heavy atom. The van der Waals surface area contributed by atoms with Crippen LogP contribution >= 0.6 is 11.8 Å². The molecule has 2 fully saturated rings. The predicted octanol–water partition coefficient (Wildman–Crippen LogP) is 4.08. The van der Waals surface area contributed by atoms with E-state index in [1.807, 2.05) is 34.1 Å². The Bertz CT molecular complexity index is 786. The van der Waals surface area contributed by atoms with Gasteiger partial charge in [0.2, 0.25) is 5.91 Å². The molecule has 6 heteroatoms. The monoisotopic (exact) mass is 445 g/mol. The van der Waals surface area contributed by atoms with Crippen molar-refractivity contribution in [3.05, 3.63) is 35.4 Å². The number of hydrogen-bond acceptors (Lipinski definition) is 4. The van der Waals surface area contributed by atoms with E-state index in [9.17, 15) is 9.59 Å². The lowest BCUT2D eigenvalue weighted by atomic mass is 9.86. The minimum atomic E-state index is -0.391. The first-order chi connectivity index (χ1) is 14.4. The molecule has 0 aromatic heterocycles. The summed E-state index contributed by atoms with van der Waals surface area (Å²) >= 11 is 1.74. The molecule has 3 rings (SSSR count). The minimum Gasteiger partial charge on any atom is -0.338 e. The Morgan fingerprint density at radius 3 is 2.03 bits per heavy atom. The highest BCUT2D eigenvalue weighted by atomic mass is 32.2. The van der Waals surface area contributed by atoms with Crippen LogP contribution < -0.4 is 0 Å². The molecule has 1 aromatic rings. The van der Waals surface area contributed by atoms with Crippen molar-refractivity contribution in [2.75, 3.05) is 38.5 Å². The third kappa shape index (κ3) is 5.28. The molecule has 0 aliphatic carbocycles. The number of hydrogen-bond donors (Lipinski definition) is 0. The van der Waals surface area contributed by atoms with Crippen LogP contribution in [0.3, 0.4) is 0 Å². The summed E-state index contributed by atoms with van der Waals surface area (Å²) < 4.78 is 0. The number of thioether (sulfide) groups is 1. The van der Waals surface area contributed by atoms with Crippen molar-refractivity contribution >= 4 is 23.6 Å². The largest absolute Gasteiger partial charge is 0.338 e. The van der Waals surface area contributed by atoms with Gasteiger partial charge in [-0.1, -0.05) is 60.6 Å². The second-order valence-electron chi connectivity index (χ2n) is 10.9. The van der Waals surface area contributed by atoms with Gasteiger partial charge < -0.3 is 14.7 Å². The van der Waals surface area contributed by atoms with E-state index in [2.05, 4.69) is 53.4 Å². The van der Waals surface area contributed by atoms with E-state index < -0.39 is 6.04 Å². The number of carbonyl (C=O) groups excluding carboxylic acids is 2. The molecule has 0 spiro atoms. The first kappa shape index (κ1) is 24.1. The summed E-state index contributed by atoms with van der Waals surface area (Å²) in [7, 11) is 0. The lowest BCUT2D eigenvalue weighted by Crippen LogP contribution is -2.57. The van der Waals surface area contributed by atoms with Crippen molar-refractivity contribution in [2.24, 2.45) is 5.41 Å². The molecule has 31 heavy (non-hydrogen) atoms. The zero-order valence-corrected chi connectivity index (χ0v) is 21.1. The SMILES string of the molecule is CCN1CCN(C(=O)C2CSC(C(C)(C)C)N2C(=O)c2ccc(C(C)(C)C)cc2)CC1. The lowest BCUT2D eigenvalue weighted by Gasteiger charge is -2.40. The van der Waals surface area contributed by atoms with Gasteiger partial charge in [0.15, 0.2) is 0 Å². The summed E-state index contributed by atoms with van der Waals surface area (Å²) in [4.78, 5) is 33.4. The Hall–Kier alpha value is -1.53. The van der Waals surface area contributed by atoms with Crippen molar-refractivity contribution in [1.29, 1.82) is 0 Å². The number of rotatable bonds is 3. The molecule has 1 aromatic carbocycles. The van der Waals surface area contributed by atoms with Gasteiger partial charge in [0, 0.05) is 37.5 Å². The first-order valence-corrected chi connectivity index (χ1v) is 12.5.